The fourth-order valence-electron chi connectivity index (χ4n) is 1.64. The van der Waals surface area contributed by atoms with E-state index in [0.717, 1.165) is 31.4 Å². The highest BCUT2D eigenvalue weighted by Crippen LogP contribution is 2.34. The van der Waals surface area contributed by atoms with E-state index in [9.17, 15) is 0 Å². The summed E-state index contributed by atoms with van der Waals surface area (Å²) < 4.78 is 8.20. The van der Waals surface area contributed by atoms with Crippen LogP contribution in [0.4, 0.5) is 5.69 Å². The lowest BCUT2D eigenvalue weighted by molar-refractivity contribution is 0.414. The van der Waals surface area contributed by atoms with Crippen molar-refractivity contribution >= 4 is 53.5 Å². The van der Waals surface area contributed by atoms with Crippen molar-refractivity contribution in [3.8, 4) is 5.75 Å². The first-order chi connectivity index (χ1) is 9.10. The van der Waals surface area contributed by atoms with Gasteiger partial charge in [0.15, 0.2) is 0 Å². The number of halogens is 3. The minimum atomic E-state index is 0.753. The summed E-state index contributed by atoms with van der Waals surface area (Å²) in [5.41, 5.74) is 2.24. The third-order valence-electron chi connectivity index (χ3n) is 2.64. The molecule has 2 rings (SSSR count). The first-order valence-electron chi connectivity index (χ1n) is 5.61. The highest BCUT2D eigenvalue weighted by atomic mass is 79.9. The van der Waals surface area contributed by atoms with Gasteiger partial charge in [-0.25, -0.2) is 0 Å². The molecule has 0 aliphatic rings. The van der Waals surface area contributed by atoms with Crippen LogP contribution in [0.2, 0.25) is 0 Å². The quantitative estimate of drug-likeness (QED) is 0.656. The average molecular weight is 450 g/mol. The summed E-state index contributed by atoms with van der Waals surface area (Å²) in [5.74, 6) is 0.870. The molecule has 19 heavy (non-hydrogen) atoms. The fraction of sp³-hybridized carbons (Fsp3) is 0.143. The van der Waals surface area contributed by atoms with Crippen molar-refractivity contribution in [2.45, 2.75) is 6.54 Å². The zero-order chi connectivity index (χ0) is 13.8. The number of nitrogens with one attached hydrogen (secondary N) is 1. The first-order valence-corrected chi connectivity index (χ1v) is 7.99. The van der Waals surface area contributed by atoms with Crippen LogP contribution in [-0.2, 0) is 6.54 Å². The van der Waals surface area contributed by atoms with Crippen LogP contribution in [0.15, 0.2) is 49.8 Å². The average Bonchev–Trinajstić information content (AvgIpc) is 2.38. The Kier molecular flexibility index (Phi) is 5.30. The third kappa shape index (κ3) is 3.97. The monoisotopic (exact) mass is 447 g/mol. The molecule has 0 radical (unpaired) electrons. The SMILES string of the molecule is COc1ccc(CNc2c(Br)cc(Br)cc2Br)cc1. The van der Waals surface area contributed by atoms with Crippen LogP contribution in [0.3, 0.4) is 0 Å². The highest BCUT2D eigenvalue weighted by molar-refractivity contribution is 9.11. The van der Waals surface area contributed by atoms with E-state index in [1.165, 1.54) is 5.56 Å². The van der Waals surface area contributed by atoms with E-state index in [0.29, 0.717) is 0 Å². The van der Waals surface area contributed by atoms with Crippen molar-refractivity contribution in [1.82, 2.24) is 0 Å². The van der Waals surface area contributed by atoms with E-state index < -0.39 is 0 Å². The summed E-state index contributed by atoms with van der Waals surface area (Å²) >= 11 is 10.6. The number of benzene rings is 2. The highest BCUT2D eigenvalue weighted by Gasteiger charge is 2.06. The van der Waals surface area contributed by atoms with Crippen molar-refractivity contribution in [2.75, 3.05) is 12.4 Å². The molecule has 0 amide bonds. The van der Waals surface area contributed by atoms with Crippen LogP contribution in [-0.4, -0.2) is 7.11 Å². The Bertz CT molecular complexity index is 546. The van der Waals surface area contributed by atoms with Gasteiger partial charge in [-0.15, -0.1) is 0 Å². The number of rotatable bonds is 4. The molecule has 100 valence electrons. The standard InChI is InChI=1S/C14H12Br3NO/c1-19-11-4-2-9(3-5-11)8-18-14-12(16)6-10(15)7-13(14)17/h2-7,18H,8H2,1H3. The zero-order valence-electron chi connectivity index (χ0n) is 10.2. The van der Waals surface area contributed by atoms with Crippen LogP contribution in [0.1, 0.15) is 5.56 Å². The Morgan fingerprint density at radius 3 is 2.11 bits per heavy atom. The van der Waals surface area contributed by atoms with E-state index in [4.69, 9.17) is 4.74 Å². The Morgan fingerprint density at radius 1 is 1.00 bits per heavy atom. The van der Waals surface area contributed by atoms with E-state index in [-0.39, 0.29) is 0 Å². The molecule has 2 aromatic rings. The fourth-order valence-corrected chi connectivity index (χ4v) is 4.18. The maximum Gasteiger partial charge on any atom is 0.118 e. The van der Waals surface area contributed by atoms with Crippen molar-refractivity contribution in [2.24, 2.45) is 0 Å². The second kappa shape index (κ2) is 6.77. The molecule has 0 saturated carbocycles. The van der Waals surface area contributed by atoms with E-state index in [1.54, 1.807) is 7.11 Å². The van der Waals surface area contributed by atoms with E-state index in [1.807, 2.05) is 36.4 Å². The van der Waals surface area contributed by atoms with Crippen LogP contribution in [0, 0.1) is 0 Å². The summed E-state index contributed by atoms with van der Waals surface area (Å²) in [6.45, 7) is 0.753. The number of hydrogen-bond acceptors (Lipinski definition) is 2. The van der Waals surface area contributed by atoms with Crippen LogP contribution >= 0.6 is 47.8 Å². The zero-order valence-corrected chi connectivity index (χ0v) is 15.0. The van der Waals surface area contributed by atoms with Gasteiger partial charge in [0.05, 0.1) is 12.8 Å². The van der Waals surface area contributed by atoms with Gasteiger partial charge in [0.2, 0.25) is 0 Å². The molecule has 0 unspecified atom stereocenters. The van der Waals surface area contributed by atoms with Crippen LogP contribution in [0.5, 0.6) is 5.75 Å². The van der Waals surface area contributed by atoms with Crippen molar-refractivity contribution in [3.63, 3.8) is 0 Å². The smallest absolute Gasteiger partial charge is 0.118 e. The molecule has 0 aliphatic heterocycles. The number of hydrogen-bond donors (Lipinski definition) is 1. The maximum absolute atomic E-state index is 5.14. The molecule has 0 aromatic heterocycles. The molecule has 0 fully saturated rings. The second-order valence-electron chi connectivity index (χ2n) is 3.95. The molecule has 0 spiro atoms. The largest absolute Gasteiger partial charge is 0.497 e. The summed E-state index contributed by atoms with van der Waals surface area (Å²) in [6, 6.07) is 12.0. The van der Waals surface area contributed by atoms with Gasteiger partial charge < -0.3 is 10.1 Å². The topological polar surface area (TPSA) is 21.3 Å². The molecule has 5 heteroatoms. The van der Waals surface area contributed by atoms with Gasteiger partial charge in [-0.3, -0.25) is 0 Å². The predicted octanol–water partition coefficient (Wildman–Crippen LogP) is 5.59. The molecule has 2 nitrogen and oxygen atoms in total. The third-order valence-corrected chi connectivity index (χ3v) is 4.34. The Balaban J connectivity index is 2.10. The minimum Gasteiger partial charge on any atom is -0.497 e. The van der Waals surface area contributed by atoms with Gasteiger partial charge in [-0.2, -0.15) is 0 Å². The van der Waals surface area contributed by atoms with Gasteiger partial charge in [0, 0.05) is 20.0 Å². The minimum absolute atomic E-state index is 0.753. The molecule has 0 atom stereocenters. The molecule has 2 aromatic carbocycles. The van der Waals surface area contributed by atoms with Gasteiger partial charge in [0.1, 0.15) is 5.75 Å². The lowest BCUT2D eigenvalue weighted by atomic mass is 10.2. The van der Waals surface area contributed by atoms with Gasteiger partial charge in [0.25, 0.3) is 0 Å². The molecule has 0 aliphatic carbocycles. The van der Waals surface area contributed by atoms with Crippen LogP contribution < -0.4 is 10.1 Å². The van der Waals surface area contributed by atoms with E-state index in [2.05, 4.69) is 53.1 Å². The molecule has 0 bridgehead atoms. The van der Waals surface area contributed by atoms with Crippen molar-refractivity contribution in [3.05, 3.63) is 55.4 Å². The Labute approximate surface area is 137 Å². The maximum atomic E-state index is 5.14. The summed E-state index contributed by atoms with van der Waals surface area (Å²) in [4.78, 5) is 0. The van der Waals surface area contributed by atoms with Gasteiger partial charge in [-0.1, -0.05) is 28.1 Å². The normalized spacial score (nSPS) is 10.3. The number of methoxy groups -OCH3 is 1. The predicted molar refractivity (Wildman–Crippen MR) is 89.9 cm³/mol. The number of anilines is 1. The van der Waals surface area contributed by atoms with Gasteiger partial charge >= 0.3 is 0 Å². The first kappa shape index (κ1) is 14.9. The Morgan fingerprint density at radius 2 is 1.58 bits per heavy atom. The van der Waals surface area contributed by atoms with Crippen molar-refractivity contribution < 1.29 is 4.74 Å². The van der Waals surface area contributed by atoms with Gasteiger partial charge in [-0.05, 0) is 61.7 Å². The molecule has 0 saturated heterocycles. The summed E-state index contributed by atoms with van der Waals surface area (Å²) in [6.07, 6.45) is 0. The van der Waals surface area contributed by atoms with Crippen molar-refractivity contribution in [1.29, 1.82) is 0 Å². The second-order valence-corrected chi connectivity index (χ2v) is 6.57. The summed E-state index contributed by atoms with van der Waals surface area (Å²) in [5, 5.41) is 3.41. The lowest BCUT2D eigenvalue weighted by Gasteiger charge is -2.12. The van der Waals surface area contributed by atoms with Crippen LogP contribution in [0.25, 0.3) is 0 Å². The summed E-state index contributed by atoms with van der Waals surface area (Å²) in [7, 11) is 1.67. The molecular weight excluding hydrogens is 438 g/mol. The number of ether oxygens (including phenoxy) is 1. The van der Waals surface area contributed by atoms with E-state index >= 15 is 0 Å². The molecule has 0 heterocycles. The Hall–Kier alpha value is -0.520. The molecular formula is C14H12Br3NO. The molecule has 1 N–H and O–H groups in total. The lowest BCUT2D eigenvalue weighted by Crippen LogP contribution is -2.01.